The number of piperidine rings is 1. The van der Waals surface area contributed by atoms with Crippen LogP contribution < -0.4 is 5.32 Å². The molecule has 1 unspecified atom stereocenters. The van der Waals surface area contributed by atoms with Crippen LogP contribution in [0.3, 0.4) is 0 Å². The molecule has 0 saturated carbocycles. The first kappa shape index (κ1) is 23.8. The normalized spacial score (nSPS) is 17.6. The zero-order valence-corrected chi connectivity index (χ0v) is 19.8. The molecule has 2 amide bonds. The third kappa shape index (κ3) is 5.24. The van der Waals surface area contributed by atoms with E-state index in [1.165, 1.54) is 11.1 Å². The topological polar surface area (TPSA) is 95.9 Å². The Morgan fingerprint density at radius 1 is 1.06 bits per heavy atom. The minimum Gasteiger partial charge on any atom is -0.481 e. The number of amides is 2. The number of fused-ring (bicyclic) bond motifs is 3. The van der Waals surface area contributed by atoms with Crippen LogP contribution >= 0.6 is 0 Å². The summed E-state index contributed by atoms with van der Waals surface area (Å²) in [4.78, 5) is 38.1. The van der Waals surface area contributed by atoms with E-state index in [2.05, 4.69) is 29.6 Å². The predicted molar refractivity (Wildman–Crippen MR) is 128 cm³/mol. The molecule has 0 bridgehead atoms. The Hall–Kier alpha value is -3.35. The van der Waals surface area contributed by atoms with E-state index in [9.17, 15) is 19.5 Å². The van der Waals surface area contributed by atoms with E-state index >= 15 is 0 Å². The second-order valence-corrected chi connectivity index (χ2v) is 9.85. The van der Waals surface area contributed by atoms with Crippen molar-refractivity contribution in [1.82, 2.24) is 10.2 Å². The number of carbonyl (C=O) groups is 3. The Balaban J connectivity index is 1.29. The molecule has 1 heterocycles. The molecule has 1 aliphatic carbocycles. The summed E-state index contributed by atoms with van der Waals surface area (Å²) < 4.78 is 5.63. The second-order valence-electron chi connectivity index (χ2n) is 9.85. The molecular formula is C27H32N2O5. The van der Waals surface area contributed by atoms with E-state index in [4.69, 9.17) is 4.74 Å². The molecule has 2 aromatic carbocycles. The molecule has 1 atom stereocenters. The highest BCUT2D eigenvalue weighted by Gasteiger charge is 2.31. The maximum atomic E-state index is 12.6. The molecule has 0 aromatic heterocycles. The molecule has 0 spiro atoms. The van der Waals surface area contributed by atoms with E-state index in [1.54, 1.807) is 4.90 Å². The summed E-state index contributed by atoms with van der Waals surface area (Å²) in [5.41, 5.74) is 4.02. The van der Waals surface area contributed by atoms with Crippen LogP contribution in [0.25, 0.3) is 11.1 Å². The highest BCUT2D eigenvalue weighted by molar-refractivity contribution is 5.79. The maximum absolute atomic E-state index is 12.6. The van der Waals surface area contributed by atoms with Gasteiger partial charge in [0.05, 0.1) is 5.92 Å². The van der Waals surface area contributed by atoms with Crippen LogP contribution in [0.4, 0.5) is 4.79 Å². The number of nitrogens with one attached hydrogen (secondary N) is 1. The first-order valence-electron chi connectivity index (χ1n) is 11.9. The van der Waals surface area contributed by atoms with Gasteiger partial charge in [-0.25, -0.2) is 4.79 Å². The Morgan fingerprint density at radius 2 is 1.68 bits per heavy atom. The number of hydrogen-bond acceptors (Lipinski definition) is 4. The van der Waals surface area contributed by atoms with Crippen molar-refractivity contribution in [2.75, 3.05) is 19.7 Å². The molecule has 1 fully saturated rings. The molecule has 2 N–H and O–H groups in total. The lowest BCUT2D eigenvalue weighted by molar-refractivity contribution is -0.145. The van der Waals surface area contributed by atoms with Gasteiger partial charge in [-0.15, -0.1) is 0 Å². The number of rotatable bonds is 7. The van der Waals surface area contributed by atoms with E-state index in [1.807, 2.05) is 38.1 Å². The van der Waals surface area contributed by atoms with Crippen LogP contribution in [0, 0.1) is 5.92 Å². The van der Waals surface area contributed by atoms with Crippen LogP contribution in [0.1, 0.15) is 56.6 Å². The molecule has 180 valence electrons. The lowest BCUT2D eigenvalue weighted by atomic mass is 9.95. The van der Waals surface area contributed by atoms with Crippen molar-refractivity contribution in [1.29, 1.82) is 0 Å². The third-order valence-corrected chi connectivity index (χ3v) is 6.87. The molecule has 1 saturated heterocycles. The quantitative estimate of drug-likeness (QED) is 0.633. The Bertz CT molecular complexity index is 1030. The average Bonchev–Trinajstić information content (AvgIpc) is 3.15. The monoisotopic (exact) mass is 464 g/mol. The lowest BCUT2D eigenvalue weighted by Gasteiger charge is -2.32. The molecule has 1 aliphatic heterocycles. The van der Waals surface area contributed by atoms with Crippen molar-refractivity contribution in [3.8, 4) is 11.1 Å². The minimum absolute atomic E-state index is 0.0101. The van der Waals surface area contributed by atoms with E-state index < -0.39 is 23.5 Å². The predicted octanol–water partition coefficient (Wildman–Crippen LogP) is 4.41. The van der Waals surface area contributed by atoms with Crippen molar-refractivity contribution < 1.29 is 24.2 Å². The van der Waals surface area contributed by atoms with E-state index in [0.29, 0.717) is 25.8 Å². The van der Waals surface area contributed by atoms with Crippen LogP contribution in [0.5, 0.6) is 0 Å². The number of benzene rings is 2. The van der Waals surface area contributed by atoms with Gasteiger partial charge < -0.3 is 20.1 Å². The maximum Gasteiger partial charge on any atom is 0.407 e. The Kier molecular flexibility index (Phi) is 6.91. The van der Waals surface area contributed by atoms with Gasteiger partial charge in [0.1, 0.15) is 6.61 Å². The smallest absolute Gasteiger partial charge is 0.407 e. The number of carboxylic acid groups (broad SMARTS) is 1. The van der Waals surface area contributed by atoms with Gasteiger partial charge in [-0.3, -0.25) is 9.59 Å². The molecule has 34 heavy (non-hydrogen) atoms. The van der Waals surface area contributed by atoms with E-state index in [0.717, 1.165) is 11.1 Å². The standard InChI is InChI=1S/C27H32N2O5/c1-27(2,14-13-24(30)29-15-7-8-18(16-29)25(31)32)28-26(33)34-17-23-21-11-5-3-9-19(21)20-10-4-6-12-22(20)23/h3-6,9-12,18,23H,7-8,13-17H2,1-2H3,(H,28,33)(H,31,32). The summed E-state index contributed by atoms with van der Waals surface area (Å²) in [5, 5.41) is 12.1. The van der Waals surface area contributed by atoms with Gasteiger partial charge in [0, 0.05) is 31.0 Å². The number of ether oxygens (including phenoxy) is 1. The summed E-state index contributed by atoms with van der Waals surface area (Å²) >= 11 is 0. The number of carboxylic acids is 1. The van der Waals surface area contributed by atoms with Crippen molar-refractivity contribution in [2.24, 2.45) is 5.92 Å². The van der Waals surface area contributed by atoms with Gasteiger partial charge >= 0.3 is 12.1 Å². The lowest BCUT2D eigenvalue weighted by Crippen LogP contribution is -2.46. The first-order chi connectivity index (χ1) is 16.2. The fourth-order valence-electron chi connectivity index (χ4n) is 4.96. The van der Waals surface area contributed by atoms with Crippen molar-refractivity contribution in [3.63, 3.8) is 0 Å². The summed E-state index contributed by atoms with van der Waals surface area (Å²) in [6.07, 6.45) is 1.47. The number of nitrogens with zero attached hydrogens (tertiary/aromatic N) is 1. The molecule has 0 radical (unpaired) electrons. The first-order valence-corrected chi connectivity index (χ1v) is 11.9. The zero-order valence-electron chi connectivity index (χ0n) is 19.8. The molecule has 4 rings (SSSR count). The van der Waals surface area contributed by atoms with Gasteiger partial charge in [-0.05, 0) is 55.4 Å². The summed E-state index contributed by atoms with van der Waals surface area (Å²) in [7, 11) is 0. The fraction of sp³-hybridized carbons (Fsp3) is 0.444. The highest BCUT2D eigenvalue weighted by Crippen LogP contribution is 2.44. The molecule has 7 nitrogen and oxygen atoms in total. The van der Waals surface area contributed by atoms with Gasteiger partial charge in [0.15, 0.2) is 0 Å². The van der Waals surface area contributed by atoms with Crippen LogP contribution in [-0.4, -0.2) is 53.2 Å². The fourth-order valence-corrected chi connectivity index (χ4v) is 4.96. The zero-order chi connectivity index (χ0) is 24.3. The Labute approximate surface area is 200 Å². The third-order valence-electron chi connectivity index (χ3n) is 6.87. The Morgan fingerprint density at radius 3 is 2.29 bits per heavy atom. The number of likely N-dealkylation sites (tertiary alicyclic amines) is 1. The molecule has 7 heteroatoms. The second kappa shape index (κ2) is 9.87. The molecular weight excluding hydrogens is 432 g/mol. The van der Waals surface area contributed by atoms with Crippen molar-refractivity contribution >= 4 is 18.0 Å². The van der Waals surface area contributed by atoms with Gasteiger partial charge in [0.25, 0.3) is 0 Å². The van der Waals surface area contributed by atoms with Crippen LogP contribution in [0.2, 0.25) is 0 Å². The summed E-state index contributed by atoms with van der Waals surface area (Å²) in [6.45, 7) is 4.80. The largest absolute Gasteiger partial charge is 0.481 e. The summed E-state index contributed by atoms with van der Waals surface area (Å²) in [5.74, 6) is -1.43. The minimum atomic E-state index is -0.852. The van der Waals surface area contributed by atoms with Crippen LogP contribution in [0.15, 0.2) is 48.5 Å². The number of carbonyl (C=O) groups excluding carboxylic acids is 2. The number of aliphatic carboxylic acids is 1. The van der Waals surface area contributed by atoms with Gasteiger partial charge in [-0.2, -0.15) is 0 Å². The van der Waals surface area contributed by atoms with Gasteiger partial charge in [0.2, 0.25) is 5.91 Å². The van der Waals surface area contributed by atoms with E-state index in [-0.39, 0.29) is 31.4 Å². The molecule has 2 aliphatic rings. The average molecular weight is 465 g/mol. The number of hydrogen-bond donors (Lipinski definition) is 2. The highest BCUT2D eigenvalue weighted by atomic mass is 16.5. The van der Waals surface area contributed by atoms with Crippen molar-refractivity contribution in [3.05, 3.63) is 59.7 Å². The summed E-state index contributed by atoms with van der Waals surface area (Å²) in [6, 6.07) is 16.4. The van der Waals surface area contributed by atoms with Crippen LogP contribution in [-0.2, 0) is 14.3 Å². The number of alkyl carbamates (subject to hydrolysis) is 1. The van der Waals surface area contributed by atoms with Gasteiger partial charge in [-0.1, -0.05) is 48.5 Å². The molecule has 2 aromatic rings. The van der Waals surface area contributed by atoms with Crippen molar-refractivity contribution in [2.45, 2.75) is 51.0 Å². The SMILES string of the molecule is CC(C)(CCC(=O)N1CCCC(C(=O)O)C1)NC(=O)OCC1c2ccccc2-c2ccccc21.